The summed E-state index contributed by atoms with van der Waals surface area (Å²) in [6.45, 7) is 5.86. The molecule has 2 rings (SSSR count). The lowest BCUT2D eigenvalue weighted by Gasteiger charge is -2.22. The first-order chi connectivity index (χ1) is 11.7. The summed E-state index contributed by atoms with van der Waals surface area (Å²) in [4.78, 5) is 6.86. The number of benzene rings is 1. The number of aliphatic hydroxyl groups excluding tert-OH is 1. The Bertz CT molecular complexity index is 536. The van der Waals surface area contributed by atoms with Gasteiger partial charge in [0.25, 0.3) is 0 Å². The average Bonchev–Trinajstić information content (AvgIpc) is 3.07. The van der Waals surface area contributed by atoms with Crippen molar-refractivity contribution in [3.63, 3.8) is 0 Å². The minimum absolute atomic E-state index is 0.320. The fourth-order valence-corrected chi connectivity index (χ4v) is 2.95. The lowest BCUT2D eigenvalue weighted by atomic mass is 10.1. The molecule has 2 atom stereocenters. The van der Waals surface area contributed by atoms with Crippen molar-refractivity contribution < 1.29 is 14.6 Å². The molecule has 0 amide bonds. The van der Waals surface area contributed by atoms with E-state index in [4.69, 9.17) is 9.47 Å². The molecule has 0 bridgehead atoms. The van der Waals surface area contributed by atoms with Crippen molar-refractivity contribution in [3.05, 3.63) is 29.8 Å². The van der Waals surface area contributed by atoms with Crippen molar-refractivity contribution in [2.45, 2.75) is 19.4 Å². The number of hydrogen-bond donors (Lipinski definition) is 2. The average molecular weight is 335 g/mol. The van der Waals surface area contributed by atoms with Crippen molar-refractivity contribution >= 4 is 5.96 Å². The third-order valence-corrected chi connectivity index (χ3v) is 4.22. The molecule has 1 saturated heterocycles. The molecule has 0 saturated carbocycles. The van der Waals surface area contributed by atoms with Crippen LogP contribution in [0.3, 0.4) is 0 Å². The van der Waals surface area contributed by atoms with E-state index < -0.39 is 6.10 Å². The molecule has 0 radical (unpaired) electrons. The maximum absolute atomic E-state index is 10.4. The Morgan fingerprint density at radius 3 is 3.00 bits per heavy atom. The minimum Gasteiger partial charge on any atom is -0.497 e. The summed E-state index contributed by atoms with van der Waals surface area (Å²) in [6, 6.07) is 7.48. The topological polar surface area (TPSA) is 66.3 Å². The molecule has 2 unspecified atom stereocenters. The van der Waals surface area contributed by atoms with E-state index in [9.17, 15) is 5.11 Å². The molecule has 1 fully saturated rings. The van der Waals surface area contributed by atoms with Gasteiger partial charge in [0.15, 0.2) is 5.96 Å². The highest BCUT2D eigenvalue weighted by Gasteiger charge is 2.24. The number of rotatable bonds is 7. The van der Waals surface area contributed by atoms with E-state index >= 15 is 0 Å². The number of methoxy groups -OCH3 is 2. The van der Waals surface area contributed by atoms with E-state index in [1.54, 1.807) is 14.2 Å². The lowest BCUT2D eigenvalue weighted by molar-refractivity contribution is 0.157. The number of hydrogen-bond acceptors (Lipinski definition) is 4. The highest BCUT2D eigenvalue weighted by molar-refractivity contribution is 5.80. The van der Waals surface area contributed by atoms with Crippen LogP contribution in [0.2, 0.25) is 0 Å². The standard InChI is InChI=1S/C18H29N3O3/c1-4-19-18(21-9-8-14(12-21)13-23-2)20-11-17(22)15-6-5-7-16(10-15)24-3/h5-7,10,14,17,22H,4,8-9,11-13H2,1-3H3,(H,19,20). The van der Waals surface area contributed by atoms with Crippen LogP contribution in [0.25, 0.3) is 0 Å². The molecule has 1 aliphatic rings. The maximum atomic E-state index is 10.4. The van der Waals surface area contributed by atoms with Crippen LogP contribution in [0.15, 0.2) is 29.3 Å². The van der Waals surface area contributed by atoms with Crippen LogP contribution in [-0.4, -0.2) is 63.0 Å². The number of ether oxygens (including phenoxy) is 2. The van der Waals surface area contributed by atoms with E-state index in [0.29, 0.717) is 12.5 Å². The summed E-state index contributed by atoms with van der Waals surface area (Å²) in [6.07, 6.45) is 0.461. The summed E-state index contributed by atoms with van der Waals surface area (Å²) in [7, 11) is 3.36. The second kappa shape index (κ2) is 9.49. The Balaban J connectivity index is 1.99. The summed E-state index contributed by atoms with van der Waals surface area (Å²) in [5, 5.41) is 13.7. The summed E-state index contributed by atoms with van der Waals surface area (Å²) < 4.78 is 10.5. The zero-order valence-corrected chi connectivity index (χ0v) is 14.9. The highest BCUT2D eigenvalue weighted by atomic mass is 16.5. The number of nitrogens with zero attached hydrogens (tertiary/aromatic N) is 2. The predicted octanol–water partition coefficient (Wildman–Crippen LogP) is 1.66. The van der Waals surface area contributed by atoms with Gasteiger partial charge in [0.05, 0.1) is 26.4 Å². The fourth-order valence-electron chi connectivity index (χ4n) is 2.95. The van der Waals surface area contributed by atoms with E-state index in [-0.39, 0.29) is 0 Å². The Morgan fingerprint density at radius 1 is 1.46 bits per heavy atom. The summed E-state index contributed by atoms with van der Waals surface area (Å²) in [5.41, 5.74) is 0.813. The van der Waals surface area contributed by atoms with Gasteiger partial charge in [-0.05, 0) is 31.0 Å². The van der Waals surface area contributed by atoms with Crippen LogP contribution in [0, 0.1) is 5.92 Å². The van der Waals surface area contributed by atoms with Gasteiger partial charge >= 0.3 is 0 Å². The third-order valence-electron chi connectivity index (χ3n) is 4.22. The summed E-state index contributed by atoms with van der Waals surface area (Å²) >= 11 is 0. The molecular weight excluding hydrogens is 306 g/mol. The zero-order chi connectivity index (χ0) is 17.4. The van der Waals surface area contributed by atoms with Crippen LogP contribution in [0.5, 0.6) is 5.75 Å². The van der Waals surface area contributed by atoms with Gasteiger partial charge in [-0.2, -0.15) is 0 Å². The predicted molar refractivity (Wildman–Crippen MR) is 95.5 cm³/mol. The van der Waals surface area contributed by atoms with Gasteiger partial charge in [0.1, 0.15) is 5.75 Å². The van der Waals surface area contributed by atoms with Crippen molar-refractivity contribution in [2.24, 2.45) is 10.9 Å². The smallest absolute Gasteiger partial charge is 0.194 e. The quantitative estimate of drug-likeness (QED) is 0.586. The van der Waals surface area contributed by atoms with Crippen LogP contribution < -0.4 is 10.1 Å². The van der Waals surface area contributed by atoms with Gasteiger partial charge in [0.2, 0.25) is 0 Å². The van der Waals surface area contributed by atoms with Crippen LogP contribution >= 0.6 is 0 Å². The second-order valence-corrected chi connectivity index (χ2v) is 6.04. The molecule has 0 aromatic heterocycles. The largest absolute Gasteiger partial charge is 0.497 e. The number of nitrogens with one attached hydrogen (secondary N) is 1. The van der Waals surface area contributed by atoms with Crippen molar-refractivity contribution in [3.8, 4) is 5.75 Å². The highest BCUT2D eigenvalue weighted by Crippen LogP contribution is 2.20. The molecule has 6 heteroatoms. The van der Waals surface area contributed by atoms with E-state index in [0.717, 1.165) is 49.9 Å². The van der Waals surface area contributed by atoms with Crippen molar-refractivity contribution in [1.82, 2.24) is 10.2 Å². The SMILES string of the molecule is CCNC(=NCC(O)c1cccc(OC)c1)N1CCC(COC)C1. The zero-order valence-electron chi connectivity index (χ0n) is 14.9. The summed E-state index contributed by atoms with van der Waals surface area (Å²) in [5.74, 6) is 2.14. The number of guanidine groups is 1. The molecule has 24 heavy (non-hydrogen) atoms. The van der Waals surface area contributed by atoms with Crippen molar-refractivity contribution in [1.29, 1.82) is 0 Å². The Morgan fingerprint density at radius 2 is 2.29 bits per heavy atom. The fraction of sp³-hybridized carbons (Fsp3) is 0.611. The van der Waals surface area contributed by atoms with Gasteiger partial charge in [-0.15, -0.1) is 0 Å². The second-order valence-electron chi connectivity index (χ2n) is 6.04. The molecule has 1 aliphatic heterocycles. The number of likely N-dealkylation sites (tertiary alicyclic amines) is 1. The normalized spacial score (nSPS) is 19.4. The van der Waals surface area contributed by atoms with Gasteiger partial charge in [0, 0.05) is 32.7 Å². The first kappa shape index (κ1) is 18.5. The first-order valence-corrected chi connectivity index (χ1v) is 8.52. The number of aliphatic hydroxyl groups is 1. The Kier molecular flexibility index (Phi) is 7.34. The molecule has 2 N–H and O–H groups in total. The molecule has 1 aromatic carbocycles. The molecule has 134 valence electrons. The minimum atomic E-state index is -0.647. The first-order valence-electron chi connectivity index (χ1n) is 8.52. The molecule has 6 nitrogen and oxygen atoms in total. The van der Waals surface area contributed by atoms with Gasteiger partial charge < -0.3 is 24.8 Å². The van der Waals surface area contributed by atoms with Gasteiger partial charge in [-0.1, -0.05) is 12.1 Å². The van der Waals surface area contributed by atoms with E-state index in [1.807, 2.05) is 24.3 Å². The van der Waals surface area contributed by atoms with Gasteiger partial charge in [-0.25, -0.2) is 0 Å². The van der Waals surface area contributed by atoms with Crippen LogP contribution in [0.4, 0.5) is 0 Å². The molecule has 0 spiro atoms. The van der Waals surface area contributed by atoms with Crippen LogP contribution in [-0.2, 0) is 4.74 Å². The lowest BCUT2D eigenvalue weighted by Crippen LogP contribution is -2.40. The van der Waals surface area contributed by atoms with E-state index in [2.05, 4.69) is 22.1 Å². The van der Waals surface area contributed by atoms with Crippen molar-refractivity contribution in [2.75, 3.05) is 47.0 Å². The number of aliphatic imine (C=N–C) groups is 1. The van der Waals surface area contributed by atoms with E-state index in [1.165, 1.54) is 0 Å². The molecular formula is C18H29N3O3. The maximum Gasteiger partial charge on any atom is 0.194 e. The molecule has 0 aliphatic carbocycles. The Labute approximate surface area is 144 Å². The van der Waals surface area contributed by atoms with Gasteiger partial charge in [-0.3, -0.25) is 4.99 Å². The molecule has 1 aromatic rings. The Hall–Kier alpha value is -1.79. The third kappa shape index (κ3) is 5.11. The monoisotopic (exact) mass is 335 g/mol. The molecule has 1 heterocycles. The van der Waals surface area contributed by atoms with Crippen LogP contribution in [0.1, 0.15) is 25.0 Å².